The zero-order valence-electron chi connectivity index (χ0n) is 12.7. The second-order valence-corrected chi connectivity index (χ2v) is 5.06. The standard InChI is InChI=1S/C13H23N3O6/c1-7(14)11(19)15-8(2)12(20)16-9(13(21)22)5-3-4-6-10(17)18/h7-9H,3-6,14H2,1-2H3,(H,15,19)(H,16,20)(H,17,18)(H,21,22)/t7-,8-,9-/m0/s1. The molecule has 0 aliphatic carbocycles. The molecule has 0 aliphatic rings. The summed E-state index contributed by atoms with van der Waals surface area (Å²) >= 11 is 0. The average molecular weight is 317 g/mol. The highest BCUT2D eigenvalue weighted by Crippen LogP contribution is 2.05. The number of nitrogens with two attached hydrogens (primary N) is 1. The smallest absolute Gasteiger partial charge is 0.326 e. The number of carbonyl (C=O) groups is 4. The summed E-state index contributed by atoms with van der Waals surface area (Å²) in [5, 5.41) is 22.2. The maximum Gasteiger partial charge on any atom is 0.326 e. The lowest BCUT2D eigenvalue weighted by Crippen LogP contribution is -2.52. The molecule has 0 spiro atoms. The Balaban J connectivity index is 4.36. The summed E-state index contributed by atoms with van der Waals surface area (Å²) in [7, 11) is 0. The molecule has 0 heterocycles. The van der Waals surface area contributed by atoms with E-state index in [0.29, 0.717) is 12.8 Å². The van der Waals surface area contributed by atoms with Crippen molar-refractivity contribution in [2.45, 2.75) is 57.7 Å². The Kier molecular flexibility index (Phi) is 8.76. The van der Waals surface area contributed by atoms with E-state index in [9.17, 15) is 19.2 Å². The monoisotopic (exact) mass is 317 g/mol. The van der Waals surface area contributed by atoms with E-state index >= 15 is 0 Å². The fourth-order valence-electron chi connectivity index (χ4n) is 1.59. The van der Waals surface area contributed by atoms with Crippen molar-refractivity contribution in [1.29, 1.82) is 0 Å². The fourth-order valence-corrected chi connectivity index (χ4v) is 1.59. The fraction of sp³-hybridized carbons (Fsp3) is 0.692. The molecule has 0 aliphatic heterocycles. The van der Waals surface area contributed by atoms with E-state index in [-0.39, 0.29) is 12.8 Å². The summed E-state index contributed by atoms with van der Waals surface area (Å²) < 4.78 is 0. The molecule has 0 fully saturated rings. The lowest BCUT2D eigenvalue weighted by atomic mass is 10.1. The minimum absolute atomic E-state index is 0.0544. The quantitative estimate of drug-likeness (QED) is 0.325. The van der Waals surface area contributed by atoms with Crippen molar-refractivity contribution < 1.29 is 29.4 Å². The van der Waals surface area contributed by atoms with Gasteiger partial charge in [0.05, 0.1) is 6.04 Å². The van der Waals surface area contributed by atoms with Gasteiger partial charge in [-0.3, -0.25) is 14.4 Å². The molecule has 0 saturated heterocycles. The van der Waals surface area contributed by atoms with Gasteiger partial charge in [0.15, 0.2) is 0 Å². The van der Waals surface area contributed by atoms with Gasteiger partial charge in [-0.2, -0.15) is 0 Å². The predicted octanol–water partition coefficient (Wildman–Crippen LogP) is -0.947. The van der Waals surface area contributed by atoms with E-state index in [0.717, 1.165) is 0 Å². The van der Waals surface area contributed by atoms with Crippen LogP contribution in [0.15, 0.2) is 0 Å². The highest BCUT2D eigenvalue weighted by molar-refractivity contribution is 5.91. The first-order valence-electron chi connectivity index (χ1n) is 6.96. The molecule has 6 N–H and O–H groups in total. The Morgan fingerprint density at radius 3 is 2.05 bits per heavy atom. The summed E-state index contributed by atoms with van der Waals surface area (Å²) in [4.78, 5) is 44.6. The SMILES string of the molecule is C[C@H](N)C(=O)N[C@@H](C)C(=O)N[C@@H](CCCCC(=O)O)C(=O)O. The van der Waals surface area contributed by atoms with Crippen LogP contribution in [0.2, 0.25) is 0 Å². The molecule has 9 nitrogen and oxygen atoms in total. The van der Waals surface area contributed by atoms with Crippen LogP contribution < -0.4 is 16.4 Å². The average Bonchev–Trinajstić information content (AvgIpc) is 2.40. The van der Waals surface area contributed by atoms with Crippen LogP contribution in [-0.4, -0.2) is 52.1 Å². The lowest BCUT2D eigenvalue weighted by Gasteiger charge is -2.19. The first-order chi connectivity index (χ1) is 10.1. The van der Waals surface area contributed by atoms with Crippen LogP contribution in [0, 0.1) is 0 Å². The predicted molar refractivity (Wildman–Crippen MR) is 76.9 cm³/mol. The van der Waals surface area contributed by atoms with Crippen LogP contribution >= 0.6 is 0 Å². The molecule has 2 amide bonds. The Hall–Kier alpha value is -2.16. The third kappa shape index (κ3) is 8.20. The summed E-state index contributed by atoms with van der Waals surface area (Å²) in [6.07, 6.45) is 0.736. The van der Waals surface area contributed by atoms with Gasteiger partial charge in [0.25, 0.3) is 0 Å². The number of carboxylic acids is 2. The van der Waals surface area contributed by atoms with E-state index in [4.69, 9.17) is 15.9 Å². The number of hydrogen-bond acceptors (Lipinski definition) is 5. The van der Waals surface area contributed by atoms with E-state index in [1.807, 2.05) is 0 Å². The maximum absolute atomic E-state index is 11.8. The number of nitrogens with one attached hydrogen (secondary N) is 2. The first kappa shape index (κ1) is 19.8. The Labute approximate surface area is 128 Å². The lowest BCUT2D eigenvalue weighted by molar-refractivity contribution is -0.142. The normalized spacial score (nSPS) is 14.5. The highest BCUT2D eigenvalue weighted by Gasteiger charge is 2.24. The van der Waals surface area contributed by atoms with Gasteiger partial charge < -0.3 is 26.6 Å². The number of rotatable bonds is 10. The van der Waals surface area contributed by atoms with E-state index in [1.54, 1.807) is 0 Å². The van der Waals surface area contributed by atoms with Gasteiger partial charge in [0, 0.05) is 6.42 Å². The molecule has 9 heteroatoms. The first-order valence-corrected chi connectivity index (χ1v) is 6.96. The molecular formula is C13H23N3O6. The number of unbranched alkanes of at least 4 members (excludes halogenated alkanes) is 1. The second-order valence-electron chi connectivity index (χ2n) is 5.06. The molecule has 126 valence electrons. The molecule has 0 radical (unpaired) electrons. The summed E-state index contributed by atoms with van der Waals surface area (Å²) in [6, 6.07) is -2.82. The van der Waals surface area contributed by atoms with Crippen molar-refractivity contribution in [2.24, 2.45) is 5.73 Å². The number of carbonyl (C=O) groups excluding carboxylic acids is 2. The van der Waals surface area contributed by atoms with E-state index in [1.165, 1.54) is 13.8 Å². The van der Waals surface area contributed by atoms with Crippen LogP contribution in [-0.2, 0) is 19.2 Å². The highest BCUT2D eigenvalue weighted by atomic mass is 16.4. The van der Waals surface area contributed by atoms with E-state index < -0.39 is 41.9 Å². The molecule has 0 bridgehead atoms. The van der Waals surface area contributed by atoms with Gasteiger partial charge in [-0.1, -0.05) is 6.42 Å². The van der Waals surface area contributed by atoms with Crippen molar-refractivity contribution in [3.05, 3.63) is 0 Å². The maximum atomic E-state index is 11.8. The molecule has 0 aromatic carbocycles. The van der Waals surface area contributed by atoms with Crippen molar-refractivity contribution in [1.82, 2.24) is 10.6 Å². The molecule has 0 aromatic rings. The molecule has 0 saturated carbocycles. The van der Waals surface area contributed by atoms with Crippen LogP contribution in [0.1, 0.15) is 39.5 Å². The van der Waals surface area contributed by atoms with Crippen molar-refractivity contribution in [2.75, 3.05) is 0 Å². The summed E-state index contributed by atoms with van der Waals surface area (Å²) in [5.41, 5.74) is 5.35. The summed E-state index contributed by atoms with van der Waals surface area (Å²) in [5.74, 6) is -3.33. The number of aliphatic carboxylic acids is 2. The van der Waals surface area contributed by atoms with Gasteiger partial charge in [0.2, 0.25) is 11.8 Å². The van der Waals surface area contributed by atoms with Crippen LogP contribution in [0.5, 0.6) is 0 Å². The van der Waals surface area contributed by atoms with Crippen LogP contribution in [0.4, 0.5) is 0 Å². The third-order valence-electron chi connectivity index (χ3n) is 2.91. The number of hydrogen-bond donors (Lipinski definition) is 5. The number of carboxylic acid groups (broad SMARTS) is 2. The molecule has 22 heavy (non-hydrogen) atoms. The van der Waals surface area contributed by atoms with Crippen LogP contribution in [0.25, 0.3) is 0 Å². The summed E-state index contributed by atoms with van der Waals surface area (Å²) in [6.45, 7) is 2.88. The zero-order valence-corrected chi connectivity index (χ0v) is 12.7. The van der Waals surface area contributed by atoms with Crippen LogP contribution in [0.3, 0.4) is 0 Å². The molecule has 3 atom stereocenters. The van der Waals surface area contributed by atoms with Crippen molar-refractivity contribution in [3.8, 4) is 0 Å². The largest absolute Gasteiger partial charge is 0.481 e. The van der Waals surface area contributed by atoms with Crippen molar-refractivity contribution >= 4 is 23.8 Å². The van der Waals surface area contributed by atoms with Gasteiger partial charge in [0.1, 0.15) is 12.1 Å². The van der Waals surface area contributed by atoms with Gasteiger partial charge in [-0.25, -0.2) is 4.79 Å². The zero-order chi connectivity index (χ0) is 17.3. The Bertz CT molecular complexity index is 424. The van der Waals surface area contributed by atoms with E-state index in [2.05, 4.69) is 10.6 Å². The minimum atomic E-state index is -1.21. The third-order valence-corrected chi connectivity index (χ3v) is 2.91. The Morgan fingerprint density at radius 1 is 1.00 bits per heavy atom. The van der Waals surface area contributed by atoms with Crippen molar-refractivity contribution in [3.63, 3.8) is 0 Å². The molecular weight excluding hydrogens is 294 g/mol. The molecule has 0 aromatic heterocycles. The minimum Gasteiger partial charge on any atom is -0.481 e. The molecule has 0 rings (SSSR count). The van der Waals surface area contributed by atoms with Gasteiger partial charge in [-0.15, -0.1) is 0 Å². The molecule has 0 unspecified atom stereocenters. The topological polar surface area (TPSA) is 159 Å². The van der Waals surface area contributed by atoms with Gasteiger partial charge in [-0.05, 0) is 26.7 Å². The van der Waals surface area contributed by atoms with Gasteiger partial charge >= 0.3 is 11.9 Å². The number of amides is 2. The Morgan fingerprint density at radius 2 is 1.59 bits per heavy atom. The second kappa shape index (κ2) is 9.72.